The van der Waals surface area contributed by atoms with Crippen LogP contribution in [-0.4, -0.2) is 29.6 Å². The van der Waals surface area contributed by atoms with Crippen LogP contribution in [0.25, 0.3) is 0 Å². The summed E-state index contributed by atoms with van der Waals surface area (Å²) in [7, 11) is 0. The van der Waals surface area contributed by atoms with Crippen molar-refractivity contribution in [3.8, 4) is 5.75 Å². The van der Waals surface area contributed by atoms with Crippen molar-refractivity contribution in [3.63, 3.8) is 0 Å². The van der Waals surface area contributed by atoms with Gasteiger partial charge in [-0.05, 0) is 26.2 Å². The van der Waals surface area contributed by atoms with Crippen molar-refractivity contribution in [2.24, 2.45) is 0 Å². The molecule has 1 aromatic rings. The summed E-state index contributed by atoms with van der Waals surface area (Å²) in [4.78, 5) is 10.4. The highest BCUT2D eigenvalue weighted by Crippen LogP contribution is 2.30. The largest absolute Gasteiger partial charge is 0.484 e. The second-order valence-corrected chi connectivity index (χ2v) is 5.01. The maximum absolute atomic E-state index is 10.9. The molecule has 0 atom stereocenters. The number of nitrogens with zero attached hydrogens (tertiary/aromatic N) is 1. The Labute approximate surface area is 111 Å². The van der Waals surface area contributed by atoms with E-state index in [0.717, 1.165) is 18.0 Å². The second-order valence-electron chi connectivity index (χ2n) is 4.03. The first kappa shape index (κ1) is 14.6. The summed E-state index contributed by atoms with van der Waals surface area (Å²) in [6, 6.07) is 4.85. The molecule has 1 rings (SSSR count). The van der Waals surface area contributed by atoms with Gasteiger partial charge in [-0.1, -0.05) is 0 Å². The molecular formula is C12H18N2O3S. The number of rotatable bonds is 7. The van der Waals surface area contributed by atoms with Crippen molar-refractivity contribution in [2.75, 3.05) is 23.9 Å². The van der Waals surface area contributed by atoms with Gasteiger partial charge in [-0.3, -0.25) is 10.1 Å². The van der Waals surface area contributed by atoms with E-state index in [9.17, 15) is 10.1 Å². The third kappa shape index (κ3) is 4.44. The van der Waals surface area contributed by atoms with Crippen molar-refractivity contribution >= 4 is 23.1 Å². The summed E-state index contributed by atoms with van der Waals surface area (Å²) in [5.74, 6) is 1.29. The monoisotopic (exact) mass is 270 g/mol. The van der Waals surface area contributed by atoms with E-state index in [-0.39, 0.29) is 11.8 Å². The Balaban J connectivity index is 2.87. The number of thioether (sulfide) groups is 1. The molecule has 0 radical (unpaired) electrons. The van der Waals surface area contributed by atoms with Gasteiger partial charge in [-0.25, -0.2) is 0 Å². The number of benzene rings is 1. The molecule has 0 saturated carbocycles. The third-order valence-electron chi connectivity index (χ3n) is 2.15. The molecule has 0 unspecified atom stereocenters. The van der Waals surface area contributed by atoms with Gasteiger partial charge >= 0.3 is 5.69 Å². The number of hydrogen-bond acceptors (Lipinski definition) is 5. The van der Waals surface area contributed by atoms with Crippen molar-refractivity contribution in [1.82, 2.24) is 0 Å². The minimum absolute atomic E-state index is 0.000818. The van der Waals surface area contributed by atoms with Crippen LogP contribution in [-0.2, 0) is 0 Å². The zero-order valence-corrected chi connectivity index (χ0v) is 11.6. The summed E-state index contributed by atoms with van der Waals surface area (Å²) in [5, 5.41) is 14.1. The highest BCUT2D eigenvalue weighted by atomic mass is 32.2. The van der Waals surface area contributed by atoms with Crippen molar-refractivity contribution in [3.05, 3.63) is 28.3 Å². The van der Waals surface area contributed by atoms with Crippen LogP contribution in [0.4, 0.5) is 11.4 Å². The lowest BCUT2D eigenvalue weighted by molar-refractivity contribution is -0.386. The molecule has 0 amide bonds. The van der Waals surface area contributed by atoms with E-state index in [1.54, 1.807) is 23.9 Å². The predicted molar refractivity (Wildman–Crippen MR) is 75.7 cm³/mol. The van der Waals surface area contributed by atoms with Crippen LogP contribution in [0.1, 0.15) is 13.8 Å². The molecule has 18 heavy (non-hydrogen) atoms. The van der Waals surface area contributed by atoms with E-state index in [4.69, 9.17) is 4.74 Å². The molecule has 1 aromatic carbocycles. The maximum atomic E-state index is 10.9. The topological polar surface area (TPSA) is 64.4 Å². The Kier molecular flexibility index (Phi) is 5.77. The number of hydrogen-bond donors (Lipinski definition) is 1. The Bertz CT molecular complexity index is 410. The quantitative estimate of drug-likeness (QED) is 0.468. The van der Waals surface area contributed by atoms with Gasteiger partial charge in [0, 0.05) is 30.1 Å². The molecule has 0 aliphatic heterocycles. The summed E-state index contributed by atoms with van der Waals surface area (Å²) in [6.07, 6.45) is 1.94. The van der Waals surface area contributed by atoms with Crippen LogP contribution in [0.3, 0.4) is 0 Å². The van der Waals surface area contributed by atoms with E-state index >= 15 is 0 Å². The normalized spacial score (nSPS) is 10.4. The van der Waals surface area contributed by atoms with Gasteiger partial charge in [0.2, 0.25) is 0 Å². The van der Waals surface area contributed by atoms with Gasteiger partial charge in [0.1, 0.15) is 0 Å². The molecule has 0 fully saturated rings. The van der Waals surface area contributed by atoms with Crippen LogP contribution in [0.15, 0.2) is 18.2 Å². The Morgan fingerprint density at radius 3 is 2.78 bits per heavy atom. The average molecular weight is 270 g/mol. The highest BCUT2D eigenvalue weighted by molar-refractivity contribution is 7.98. The number of nitrogens with one attached hydrogen (secondary N) is 1. The van der Waals surface area contributed by atoms with E-state index in [1.165, 1.54) is 6.07 Å². The molecule has 0 aliphatic carbocycles. The fourth-order valence-corrected chi connectivity index (χ4v) is 1.73. The summed E-state index contributed by atoms with van der Waals surface area (Å²) < 4.78 is 5.47. The van der Waals surface area contributed by atoms with E-state index < -0.39 is 4.92 Å². The lowest BCUT2D eigenvalue weighted by Gasteiger charge is -2.12. The standard InChI is InChI=1S/C12H18N2O3S/c1-9(2)17-12-8-10(13-6-7-18-3)4-5-11(12)14(15)16/h4-5,8-9,13H,6-7H2,1-3H3. The number of nitro benzene ring substituents is 1. The molecule has 0 bridgehead atoms. The first-order valence-corrected chi connectivity index (χ1v) is 7.12. The maximum Gasteiger partial charge on any atom is 0.311 e. The zero-order valence-electron chi connectivity index (χ0n) is 10.8. The molecule has 6 heteroatoms. The van der Waals surface area contributed by atoms with Gasteiger partial charge in [-0.2, -0.15) is 11.8 Å². The molecular weight excluding hydrogens is 252 g/mol. The lowest BCUT2D eigenvalue weighted by Crippen LogP contribution is -2.09. The van der Waals surface area contributed by atoms with Gasteiger partial charge in [0.15, 0.2) is 5.75 Å². The van der Waals surface area contributed by atoms with Crippen molar-refractivity contribution < 1.29 is 9.66 Å². The van der Waals surface area contributed by atoms with Crippen LogP contribution in [0.2, 0.25) is 0 Å². The average Bonchev–Trinajstić information content (AvgIpc) is 2.28. The molecule has 0 saturated heterocycles. The summed E-state index contributed by atoms with van der Waals surface area (Å²) in [6.45, 7) is 4.51. The molecule has 0 aliphatic rings. The van der Waals surface area contributed by atoms with E-state index in [1.807, 2.05) is 20.1 Å². The van der Waals surface area contributed by atoms with Crippen molar-refractivity contribution in [1.29, 1.82) is 0 Å². The Hall–Kier alpha value is -1.43. The van der Waals surface area contributed by atoms with Crippen LogP contribution >= 0.6 is 11.8 Å². The van der Waals surface area contributed by atoms with Gasteiger partial charge < -0.3 is 10.1 Å². The predicted octanol–water partition coefficient (Wildman–Crippen LogP) is 3.16. The fraction of sp³-hybridized carbons (Fsp3) is 0.500. The Morgan fingerprint density at radius 2 is 2.22 bits per heavy atom. The first-order chi connectivity index (χ1) is 8.54. The molecule has 5 nitrogen and oxygen atoms in total. The number of anilines is 1. The highest BCUT2D eigenvalue weighted by Gasteiger charge is 2.16. The van der Waals surface area contributed by atoms with Crippen LogP contribution < -0.4 is 10.1 Å². The molecule has 0 heterocycles. The number of nitro groups is 1. The summed E-state index contributed by atoms with van der Waals surface area (Å²) in [5.41, 5.74) is 0.837. The smallest absolute Gasteiger partial charge is 0.311 e. The molecule has 100 valence electrons. The van der Waals surface area contributed by atoms with Gasteiger partial charge in [-0.15, -0.1) is 0 Å². The zero-order chi connectivity index (χ0) is 13.5. The third-order valence-corrected chi connectivity index (χ3v) is 2.77. The summed E-state index contributed by atoms with van der Waals surface area (Å²) >= 11 is 1.74. The minimum atomic E-state index is -0.427. The molecule has 0 aromatic heterocycles. The SMILES string of the molecule is CSCCNc1ccc([N+](=O)[O-])c(OC(C)C)c1. The van der Waals surface area contributed by atoms with E-state index in [0.29, 0.717) is 5.75 Å². The minimum Gasteiger partial charge on any atom is -0.484 e. The first-order valence-electron chi connectivity index (χ1n) is 5.72. The second kappa shape index (κ2) is 7.10. The van der Waals surface area contributed by atoms with E-state index in [2.05, 4.69) is 5.32 Å². The number of ether oxygens (including phenoxy) is 1. The van der Waals surface area contributed by atoms with Gasteiger partial charge in [0.05, 0.1) is 11.0 Å². The van der Waals surface area contributed by atoms with Crippen LogP contribution in [0.5, 0.6) is 5.75 Å². The molecule has 0 spiro atoms. The van der Waals surface area contributed by atoms with Crippen molar-refractivity contribution in [2.45, 2.75) is 20.0 Å². The lowest BCUT2D eigenvalue weighted by atomic mass is 10.2. The van der Waals surface area contributed by atoms with Crippen LogP contribution in [0, 0.1) is 10.1 Å². The molecule has 1 N–H and O–H groups in total. The fourth-order valence-electron chi connectivity index (χ4n) is 1.42. The Morgan fingerprint density at radius 1 is 1.50 bits per heavy atom. The van der Waals surface area contributed by atoms with Gasteiger partial charge in [0.25, 0.3) is 0 Å².